The molecule has 1 spiro atoms. The summed E-state index contributed by atoms with van der Waals surface area (Å²) in [6, 6.07) is 6.14. The molecular formula is C16H22O2. The molecule has 98 valence electrons. The van der Waals surface area contributed by atoms with Crippen molar-refractivity contribution < 1.29 is 9.84 Å². The summed E-state index contributed by atoms with van der Waals surface area (Å²) in [7, 11) is 0. The molecule has 18 heavy (non-hydrogen) atoms. The molecule has 1 aliphatic heterocycles. The minimum absolute atomic E-state index is 0.112. The number of aryl methyl sites for hydroxylation is 1. The van der Waals surface area contributed by atoms with Crippen LogP contribution < -0.4 is 4.74 Å². The van der Waals surface area contributed by atoms with Crippen LogP contribution in [0.15, 0.2) is 18.2 Å². The highest BCUT2D eigenvalue weighted by Gasteiger charge is 2.42. The second-order valence-corrected chi connectivity index (χ2v) is 6.25. The van der Waals surface area contributed by atoms with Crippen LogP contribution in [0.3, 0.4) is 0 Å². The Hall–Kier alpha value is -1.02. The number of fused-ring (bicyclic) bond motifs is 1. The number of aliphatic hydroxyl groups is 1. The van der Waals surface area contributed by atoms with Crippen molar-refractivity contribution in [2.75, 3.05) is 0 Å². The van der Waals surface area contributed by atoms with E-state index in [1.807, 2.05) is 6.07 Å². The molecule has 1 aliphatic carbocycles. The molecule has 0 radical (unpaired) electrons. The smallest absolute Gasteiger partial charge is 0.125 e. The Labute approximate surface area is 109 Å². The Morgan fingerprint density at radius 2 is 2.17 bits per heavy atom. The maximum absolute atomic E-state index is 10.4. The lowest BCUT2D eigenvalue weighted by Gasteiger charge is -2.45. The number of aliphatic hydroxyl groups excluding tert-OH is 1. The Morgan fingerprint density at radius 3 is 2.94 bits per heavy atom. The largest absolute Gasteiger partial charge is 0.487 e. The molecule has 1 aromatic rings. The summed E-state index contributed by atoms with van der Waals surface area (Å²) in [5, 5.41) is 10.4. The summed E-state index contributed by atoms with van der Waals surface area (Å²) >= 11 is 0. The topological polar surface area (TPSA) is 29.5 Å². The lowest BCUT2D eigenvalue weighted by Crippen LogP contribution is -2.44. The fourth-order valence-electron chi connectivity index (χ4n) is 3.65. The first-order valence-corrected chi connectivity index (χ1v) is 7.06. The molecule has 3 atom stereocenters. The minimum atomic E-state index is -0.362. The van der Waals surface area contributed by atoms with E-state index < -0.39 is 0 Å². The normalized spacial score (nSPS) is 35.1. The quantitative estimate of drug-likeness (QED) is 0.755. The van der Waals surface area contributed by atoms with E-state index in [9.17, 15) is 5.11 Å². The van der Waals surface area contributed by atoms with E-state index in [2.05, 4.69) is 26.0 Å². The lowest BCUT2D eigenvalue weighted by atomic mass is 9.74. The number of benzene rings is 1. The molecule has 0 bridgehead atoms. The van der Waals surface area contributed by atoms with Gasteiger partial charge in [0.05, 0.1) is 6.10 Å². The van der Waals surface area contributed by atoms with E-state index >= 15 is 0 Å². The van der Waals surface area contributed by atoms with Gasteiger partial charge in [0.15, 0.2) is 0 Å². The summed E-state index contributed by atoms with van der Waals surface area (Å²) in [5.74, 6) is 1.60. The van der Waals surface area contributed by atoms with Gasteiger partial charge in [-0.3, -0.25) is 0 Å². The van der Waals surface area contributed by atoms with Crippen molar-refractivity contribution >= 4 is 0 Å². The second kappa shape index (κ2) is 4.27. The van der Waals surface area contributed by atoms with Gasteiger partial charge in [0.25, 0.3) is 0 Å². The molecule has 1 aromatic carbocycles. The van der Waals surface area contributed by atoms with E-state index in [1.165, 1.54) is 18.4 Å². The minimum Gasteiger partial charge on any atom is -0.487 e. The number of hydrogen-bond acceptors (Lipinski definition) is 2. The second-order valence-electron chi connectivity index (χ2n) is 6.25. The molecule has 1 fully saturated rings. The molecule has 1 heterocycles. The highest BCUT2D eigenvalue weighted by Crippen LogP contribution is 2.47. The zero-order valence-electron chi connectivity index (χ0n) is 11.3. The molecule has 0 saturated heterocycles. The number of hydrogen-bond donors (Lipinski definition) is 1. The molecule has 2 unspecified atom stereocenters. The third-order valence-corrected chi connectivity index (χ3v) is 4.47. The monoisotopic (exact) mass is 246 g/mol. The van der Waals surface area contributed by atoms with Gasteiger partial charge in [-0.25, -0.2) is 0 Å². The predicted molar refractivity (Wildman–Crippen MR) is 71.7 cm³/mol. The van der Waals surface area contributed by atoms with Crippen LogP contribution in [0.2, 0.25) is 0 Å². The average Bonchev–Trinajstić information content (AvgIpc) is 2.30. The Balaban J connectivity index is 1.93. The first kappa shape index (κ1) is 12.0. The summed E-state index contributed by atoms with van der Waals surface area (Å²) in [5.41, 5.74) is 2.04. The van der Waals surface area contributed by atoms with Gasteiger partial charge in [0, 0.05) is 12.0 Å². The lowest BCUT2D eigenvalue weighted by molar-refractivity contribution is -0.0496. The van der Waals surface area contributed by atoms with Crippen LogP contribution in [-0.4, -0.2) is 10.7 Å². The van der Waals surface area contributed by atoms with Crippen LogP contribution in [0.4, 0.5) is 0 Å². The maximum Gasteiger partial charge on any atom is 0.125 e. The summed E-state index contributed by atoms with van der Waals surface area (Å²) < 4.78 is 6.30. The van der Waals surface area contributed by atoms with E-state index in [0.29, 0.717) is 5.92 Å². The van der Waals surface area contributed by atoms with E-state index in [0.717, 1.165) is 30.6 Å². The standard InChI is InChI=1S/C16H22O2/c1-11-5-6-15-13(8-11)14(17)10-16(18-15)7-3-4-12(2)9-16/h5-6,8,12,14,17H,3-4,7,9-10H2,1-2H3/t12?,14-,16?/m0/s1. The third kappa shape index (κ3) is 2.03. The van der Waals surface area contributed by atoms with Gasteiger partial charge in [0.1, 0.15) is 11.4 Å². The van der Waals surface area contributed by atoms with Crippen molar-refractivity contribution in [1.29, 1.82) is 0 Å². The fourth-order valence-corrected chi connectivity index (χ4v) is 3.65. The third-order valence-electron chi connectivity index (χ3n) is 4.47. The highest BCUT2D eigenvalue weighted by molar-refractivity contribution is 5.41. The zero-order valence-corrected chi connectivity index (χ0v) is 11.3. The predicted octanol–water partition coefficient (Wildman–Crippen LogP) is 3.76. The molecule has 1 N–H and O–H groups in total. The van der Waals surface area contributed by atoms with Gasteiger partial charge in [-0.15, -0.1) is 0 Å². The van der Waals surface area contributed by atoms with Crippen molar-refractivity contribution in [3.8, 4) is 5.75 Å². The SMILES string of the molecule is Cc1ccc2c(c1)[C@@H](O)CC1(CCCC(C)C1)O2. The van der Waals surface area contributed by atoms with E-state index in [1.54, 1.807) is 0 Å². The van der Waals surface area contributed by atoms with Gasteiger partial charge >= 0.3 is 0 Å². The van der Waals surface area contributed by atoms with Crippen molar-refractivity contribution in [3.63, 3.8) is 0 Å². The number of rotatable bonds is 0. The van der Waals surface area contributed by atoms with Crippen LogP contribution >= 0.6 is 0 Å². The zero-order chi connectivity index (χ0) is 12.8. The van der Waals surface area contributed by atoms with Crippen LogP contribution in [0.5, 0.6) is 5.75 Å². The van der Waals surface area contributed by atoms with Crippen LogP contribution in [-0.2, 0) is 0 Å². The van der Waals surface area contributed by atoms with Crippen molar-refractivity contribution in [2.24, 2.45) is 5.92 Å². The Morgan fingerprint density at radius 1 is 1.33 bits per heavy atom. The van der Waals surface area contributed by atoms with Gasteiger partial charge < -0.3 is 9.84 Å². The summed E-state index contributed by atoms with van der Waals surface area (Å²) in [4.78, 5) is 0. The summed E-state index contributed by atoms with van der Waals surface area (Å²) in [6.45, 7) is 4.35. The van der Waals surface area contributed by atoms with E-state index in [4.69, 9.17) is 4.74 Å². The molecule has 3 rings (SSSR count). The highest BCUT2D eigenvalue weighted by atomic mass is 16.5. The maximum atomic E-state index is 10.4. The van der Waals surface area contributed by atoms with Crippen LogP contribution in [0, 0.1) is 12.8 Å². The van der Waals surface area contributed by atoms with Gasteiger partial charge in [-0.1, -0.05) is 25.0 Å². The van der Waals surface area contributed by atoms with Crippen molar-refractivity contribution in [1.82, 2.24) is 0 Å². The first-order chi connectivity index (χ1) is 8.58. The number of ether oxygens (including phenoxy) is 1. The first-order valence-electron chi connectivity index (χ1n) is 7.06. The Bertz CT molecular complexity index is 454. The molecule has 0 amide bonds. The Kier molecular flexibility index (Phi) is 2.86. The van der Waals surface area contributed by atoms with Gasteiger partial charge in [0.2, 0.25) is 0 Å². The molecule has 0 aromatic heterocycles. The molecule has 2 nitrogen and oxygen atoms in total. The van der Waals surface area contributed by atoms with Gasteiger partial charge in [-0.2, -0.15) is 0 Å². The van der Waals surface area contributed by atoms with Crippen LogP contribution in [0.25, 0.3) is 0 Å². The van der Waals surface area contributed by atoms with E-state index in [-0.39, 0.29) is 11.7 Å². The molecule has 1 saturated carbocycles. The molecule has 2 aliphatic rings. The van der Waals surface area contributed by atoms with Crippen molar-refractivity contribution in [3.05, 3.63) is 29.3 Å². The fraction of sp³-hybridized carbons (Fsp3) is 0.625. The van der Waals surface area contributed by atoms with Crippen LogP contribution in [0.1, 0.15) is 56.3 Å². The van der Waals surface area contributed by atoms with Gasteiger partial charge in [-0.05, 0) is 44.2 Å². The average molecular weight is 246 g/mol. The molecular weight excluding hydrogens is 224 g/mol. The molecule has 2 heteroatoms. The van der Waals surface area contributed by atoms with Crippen molar-refractivity contribution in [2.45, 2.75) is 57.7 Å². The summed E-state index contributed by atoms with van der Waals surface area (Å²) in [6.07, 6.45) is 5.07.